The van der Waals surface area contributed by atoms with Crippen LogP contribution in [0.2, 0.25) is 0 Å². The van der Waals surface area contributed by atoms with E-state index in [2.05, 4.69) is 4.98 Å². The first kappa shape index (κ1) is 6.98. The highest BCUT2D eigenvalue weighted by Gasteiger charge is 2.42. The van der Waals surface area contributed by atoms with E-state index in [0.29, 0.717) is 11.7 Å². The molecular weight excluding hydrogens is 158 g/mol. The molecule has 0 radical (unpaired) electrons. The molecule has 2 rings (SSSR count). The Morgan fingerprint density at radius 1 is 1.82 bits per heavy atom. The van der Waals surface area contributed by atoms with Gasteiger partial charge < -0.3 is 0 Å². The number of carbonyl (C=O) groups excluding carboxylic acids is 1. The molecule has 2 atom stereocenters. The lowest BCUT2D eigenvalue weighted by Crippen LogP contribution is -1.94. The predicted octanol–water partition coefficient (Wildman–Crippen LogP) is 1.84. The second-order valence-corrected chi connectivity index (χ2v) is 3.69. The zero-order valence-corrected chi connectivity index (χ0v) is 7.10. The second-order valence-electron chi connectivity index (χ2n) is 2.97. The molecule has 0 bridgehead atoms. The molecule has 1 heterocycles. The summed E-state index contributed by atoms with van der Waals surface area (Å²) in [5.74, 6) is 1.03. The van der Waals surface area contributed by atoms with Crippen molar-refractivity contribution in [3.05, 3.63) is 16.6 Å². The van der Waals surface area contributed by atoms with Crippen LogP contribution in [0.3, 0.4) is 0 Å². The van der Waals surface area contributed by atoms with E-state index >= 15 is 0 Å². The van der Waals surface area contributed by atoms with Crippen molar-refractivity contribution in [3.63, 3.8) is 0 Å². The van der Waals surface area contributed by atoms with Gasteiger partial charge in [0.05, 0.1) is 11.2 Å². The van der Waals surface area contributed by atoms with Crippen LogP contribution < -0.4 is 0 Å². The molecule has 1 aromatic rings. The van der Waals surface area contributed by atoms with Gasteiger partial charge in [0.2, 0.25) is 0 Å². The fraction of sp³-hybridized carbons (Fsp3) is 0.500. The Labute approximate surface area is 69.3 Å². The number of hydrogen-bond acceptors (Lipinski definition) is 3. The van der Waals surface area contributed by atoms with E-state index in [1.165, 1.54) is 0 Å². The van der Waals surface area contributed by atoms with Crippen LogP contribution in [0.25, 0.3) is 0 Å². The molecule has 0 aliphatic heterocycles. The van der Waals surface area contributed by atoms with Gasteiger partial charge in [0, 0.05) is 17.2 Å². The van der Waals surface area contributed by atoms with Gasteiger partial charge in [-0.15, -0.1) is 11.3 Å². The summed E-state index contributed by atoms with van der Waals surface area (Å²) in [6, 6.07) is 0. The average molecular weight is 167 g/mol. The largest absolute Gasteiger partial charge is 0.300 e. The molecule has 0 saturated heterocycles. The van der Waals surface area contributed by atoms with E-state index in [9.17, 15) is 4.79 Å². The van der Waals surface area contributed by atoms with Gasteiger partial charge in [-0.2, -0.15) is 0 Å². The van der Waals surface area contributed by atoms with Gasteiger partial charge >= 0.3 is 0 Å². The topological polar surface area (TPSA) is 30.0 Å². The van der Waals surface area contributed by atoms with Crippen LogP contribution in [0.4, 0.5) is 0 Å². The Morgan fingerprint density at radius 3 is 3.09 bits per heavy atom. The van der Waals surface area contributed by atoms with Crippen LogP contribution >= 0.6 is 11.3 Å². The Morgan fingerprint density at radius 2 is 2.64 bits per heavy atom. The molecule has 1 aromatic heterocycles. The fourth-order valence-electron chi connectivity index (χ4n) is 1.38. The lowest BCUT2D eigenvalue weighted by atomic mass is 10.2. The number of hydrogen-bond donors (Lipinski definition) is 0. The number of ketones is 1. The van der Waals surface area contributed by atoms with Gasteiger partial charge in [-0.05, 0) is 13.3 Å². The molecule has 3 heteroatoms. The first-order valence-electron chi connectivity index (χ1n) is 3.67. The highest BCUT2D eigenvalue weighted by molar-refractivity contribution is 7.07. The summed E-state index contributed by atoms with van der Waals surface area (Å²) >= 11 is 1.60. The Balaban J connectivity index is 2.08. The first-order chi connectivity index (χ1) is 5.29. The van der Waals surface area contributed by atoms with Gasteiger partial charge in [0.15, 0.2) is 0 Å². The van der Waals surface area contributed by atoms with Crippen molar-refractivity contribution in [2.45, 2.75) is 19.3 Å². The predicted molar refractivity (Wildman–Crippen MR) is 43.6 cm³/mol. The van der Waals surface area contributed by atoms with Gasteiger partial charge in [-0.1, -0.05) is 0 Å². The number of nitrogens with zero attached hydrogens (tertiary/aromatic N) is 1. The average Bonchev–Trinajstić information content (AvgIpc) is 2.60. The summed E-state index contributed by atoms with van der Waals surface area (Å²) in [5.41, 5.74) is 2.93. The highest BCUT2D eigenvalue weighted by atomic mass is 32.1. The van der Waals surface area contributed by atoms with Crippen molar-refractivity contribution in [1.82, 2.24) is 4.98 Å². The lowest BCUT2D eigenvalue weighted by Gasteiger charge is -1.88. The number of rotatable bonds is 2. The van der Waals surface area contributed by atoms with Crippen molar-refractivity contribution in [1.29, 1.82) is 0 Å². The molecule has 1 aliphatic carbocycles. The summed E-state index contributed by atoms with van der Waals surface area (Å²) in [6.45, 7) is 1.66. The third-order valence-electron chi connectivity index (χ3n) is 2.14. The standard InChI is InChI=1S/C8H9NOS/c1-5(10)6-2-7(6)8-3-11-4-9-8/h3-4,6-7H,2H2,1H3. The molecule has 0 amide bonds. The molecule has 0 spiro atoms. The van der Waals surface area contributed by atoms with Crippen LogP contribution in [-0.2, 0) is 4.79 Å². The second kappa shape index (κ2) is 2.41. The van der Waals surface area contributed by atoms with E-state index in [-0.39, 0.29) is 5.92 Å². The Hall–Kier alpha value is -0.700. The van der Waals surface area contributed by atoms with Crippen LogP contribution in [0.5, 0.6) is 0 Å². The van der Waals surface area contributed by atoms with Crippen LogP contribution in [-0.4, -0.2) is 10.8 Å². The molecule has 11 heavy (non-hydrogen) atoms. The molecule has 2 unspecified atom stereocenters. The number of aromatic nitrogens is 1. The van der Waals surface area contributed by atoms with Crippen molar-refractivity contribution in [2.24, 2.45) is 5.92 Å². The van der Waals surface area contributed by atoms with Crippen molar-refractivity contribution in [3.8, 4) is 0 Å². The quantitative estimate of drug-likeness (QED) is 0.672. The molecular formula is C8H9NOS. The van der Waals surface area contributed by atoms with Crippen molar-refractivity contribution in [2.75, 3.05) is 0 Å². The summed E-state index contributed by atoms with van der Waals surface area (Å²) in [4.78, 5) is 15.1. The summed E-state index contributed by atoms with van der Waals surface area (Å²) in [6.07, 6.45) is 1.01. The SMILES string of the molecule is CC(=O)C1CC1c1cscn1. The van der Waals surface area contributed by atoms with Crippen molar-refractivity contribution >= 4 is 17.1 Å². The summed E-state index contributed by atoms with van der Waals surface area (Å²) in [7, 11) is 0. The molecule has 1 saturated carbocycles. The molecule has 2 nitrogen and oxygen atoms in total. The first-order valence-corrected chi connectivity index (χ1v) is 4.62. The molecule has 0 N–H and O–H groups in total. The molecule has 0 aromatic carbocycles. The Kier molecular flexibility index (Phi) is 1.53. The van der Waals surface area contributed by atoms with Gasteiger partial charge in [-0.3, -0.25) is 4.79 Å². The third-order valence-corrected chi connectivity index (χ3v) is 2.75. The third kappa shape index (κ3) is 1.20. The van der Waals surface area contributed by atoms with Crippen LogP contribution in [0.15, 0.2) is 10.9 Å². The van der Waals surface area contributed by atoms with Crippen LogP contribution in [0, 0.1) is 5.92 Å². The van der Waals surface area contributed by atoms with Gasteiger partial charge in [-0.25, -0.2) is 4.98 Å². The van der Waals surface area contributed by atoms with E-state index in [0.717, 1.165) is 12.1 Å². The minimum Gasteiger partial charge on any atom is -0.300 e. The minimum absolute atomic E-state index is 0.275. The van der Waals surface area contributed by atoms with Gasteiger partial charge in [0.1, 0.15) is 5.78 Å². The maximum atomic E-state index is 10.9. The lowest BCUT2D eigenvalue weighted by molar-refractivity contribution is -0.118. The minimum atomic E-state index is 0.275. The Bertz CT molecular complexity index is 268. The maximum Gasteiger partial charge on any atom is 0.133 e. The summed E-state index contributed by atoms with van der Waals surface area (Å²) < 4.78 is 0. The monoisotopic (exact) mass is 167 g/mol. The van der Waals surface area contributed by atoms with Crippen LogP contribution in [0.1, 0.15) is 25.0 Å². The van der Waals surface area contributed by atoms with E-state index < -0.39 is 0 Å². The van der Waals surface area contributed by atoms with E-state index in [4.69, 9.17) is 0 Å². The van der Waals surface area contributed by atoms with E-state index in [1.54, 1.807) is 18.3 Å². The number of Topliss-reactive ketones (excluding diaryl/α,β-unsaturated/α-hetero) is 1. The number of thiazole rings is 1. The highest BCUT2D eigenvalue weighted by Crippen LogP contribution is 2.47. The zero-order valence-electron chi connectivity index (χ0n) is 6.28. The zero-order chi connectivity index (χ0) is 7.84. The normalized spacial score (nSPS) is 28.5. The molecule has 1 fully saturated rings. The smallest absolute Gasteiger partial charge is 0.133 e. The fourth-order valence-corrected chi connectivity index (χ4v) is 1.99. The maximum absolute atomic E-state index is 10.9. The number of carbonyl (C=O) groups is 1. The summed E-state index contributed by atoms with van der Waals surface area (Å²) in [5, 5.41) is 2.04. The van der Waals surface area contributed by atoms with E-state index in [1.807, 2.05) is 10.9 Å². The molecule has 1 aliphatic rings. The van der Waals surface area contributed by atoms with Crippen molar-refractivity contribution < 1.29 is 4.79 Å². The van der Waals surface area contributed by atoms with Gasteiger partial charge in [0.25, 0.3) is 0 Å². The molecule has 58 valence electrons.